The van der Waals surface area contributed by atoms with Gasteiger partial charge < -0.3 is 10.1 Å². The molecule has 1 N–H and O–H groups in total. The van der Waals surface area contributed by atoms with Crippen molar-refractivity contribution >= 4 is 22.8 Å². The Hall–Kier alpha value is -2.70. The topological polar surface area (TPSA) is 90.3 Å². The largest absolute Gasteiger partial charge is 0.469 e. The molecule has 1 aromatic carbocycles. The van der Waals surface area contributed by atoms with E-state index in [-0.39, 0.29) is 36.8 Å². The first-order valence-electron chi connectivity index (χ1n) is 7.81. The highest BCUT2D eigenvalue weighted by atomic mass is 16.5. The van der Waals surface area contributed by atoms with Crippen LogP contribution in [0.25, 0.3) is 10.9 Å². The van der Waals surface area contributed by atoms with E-state index in [0.29, 0.717) is 23.9 Å². The fourth-order valence-corrected chi connectivity index (χ4v) is 2.37. The maximum atomic E-state index is 12.4. The summed E-state index contributed by atoms with van der Waals surface area (Å²) in [5.74, 6) is -0.468. The number of hydrogen-bond donors (Lipinski definition) is 1. The third kappa shape index (κ3) is 4.41. The van der Waals surface area contributed by atoms with Crippen molar-refractivity contribution < 1.29 is 14.3 Å². The lowest BCUT2D eigenvalue weighted by atomic mass is 10.1. The molecule has 2 rings (SSSR count). The van der Waals surface area contributed by atoms with E-state index >= 15 is 0 Å². The predicted molar refractivity (Wildman–Crippen MR) is 89.6 cm³/mol. The van der Waals surface area contributed by atoms with Crippen molar-refractivity contribution in [3.63, 3.8) is 0 Å². The molecule has 24 heavy (non-hydrogen) atoms. The van der Waals surface area contributed by atoms with Crippen molar-refractivity contribution in [2.24, 2.45) is 0 Å². The standard InChI is InChI=1S/C17H21N3O4/c1-12-5-3-6-13-16(12)19-11-20(17(13)23)10-8-14(21)18-9-4-7-15(22)24-2/h3,5-6,11H,4,7-10H2,1-2H3,(H,18,21). The maximum Gasteiger partial charge on any atom is 0.305 e. The molecular weight excluding hydrogens is 310 g/mol. The second-order valence-corrected chi connectivity index (χ2v) is 5.49. The van der Waals surface area contributed by atoms with Crippen LogP contribution in [-0.4, -0.2) is 35.1 Å². The van der Waals surface area contributed by atoms with Gasteiger partial charge in [0.2, 0.25) is 5.91 Å². The molecule has 0 saturated heterocycles. The summed E-state index contributed by atoms with van der Waals surface area (Å²) in [6.07, 6.45) is 2.44. The Labute approximate surface area is 139 Å². The smallest absolute Gasteiger partial charge is 0.305 e. The molecule has 0 spiro atoms. The molecule has 128 valence electrons. The Morgan fingerprint density at radius 1 is 1.29 bits per heavy atom. The summed E-state index contributed by atoms with van der Waals surface area (Å²) >= 11 is 0. The molecule has 0 radical (unpaired) electrons. The summed E-state index contributed by atoms with van der Waals surface area (Å²) in [6, 6.07) is 5.46. The first-order valence-corrected chi connectivity index (χ1v) is 7.81. The highest BCUT2D eigenvalue weighted by Gasteiger charge is 2.08. The van der Waals surface area contributed by atoms with Crippen LogP contribution in [-0.2, 0) is 20.9 Å². The third-order valence-electron chi connectivity index (χ3n) is 3.74. The number of aryl methyl sites for hydroxylation is 2. The van der Waals surface area contributed by atoms with Gasteiger partial charge in [0, 0.05) is 25.9 Å². The molecule has 0 aliphatic heterocycles. The highest BCUT2D eigenvalue weighted by Crippen LogP contribution is 2.11. The number of nitrogens with one attached hydrogen (secondary N) is 1. The molecule has 7 nitrogen and oxygen atoms in total. The van der Waals surface area contributed by atoms with Gasteiger partial charge in [0.15, 0.2) is 0 Å². The molecule has 0 saturated carbocycles. The van der Waals surface area contributed by atoms with Gasteiger partial charge in [-0.1, -0.05) is 12.1 Å². The van der Waals surface area contributed by atoms with Crippen molar-refractivity contribution in [2.75, 3.05) is 13.7 Å². The average molecular weight is 331 g/mol. The van der Waals surface area contributed by atoms with Crippen LogP contribution in [0.3, 0.4) is 0 Å². The van der Waals surface area contributed by atoms with E-state index in [1.54, 1.807) is 6.07 Å². The van der Waals surface area contributed by atoms with Crippen LogP contribution in [0.1, 0.15) is 24.8 Å². The lowest BCUT2D eigenvalue weighted by molar-refractivity contribution is -0.140. The molecule has 2 aromatic rings. The van der Waals surface area contributed by atoms with Gasteiger partial charge in [-0.25, -0.2) is 4.98 Å². The molecule has 1 aromatic heterocycles. The molecule has 0 bridgehead atoms. The second-order valence-electron chi connectivity index (χ2n) is 5.49. The fourth-order valence-electron chi connectivity index (χ4n) is 2.37. The first kappa shape index (κ1) is 17.7. The monoisotopic (exact) mass is 331 g/mol. The van der Waals surface area contributed by atoms with Crippen molar-refractivity contribution in [3.8, 4) is 0 Å². The number of carbonyl (C=O) groups is 2. The number of amides is 1. The van der Waals surface area contributed by atoms with Crippen molar-refractivity contribution in [2.45, 2.75) is 32.7 Å². The summed E-state index contributed by atoms with van der Waals surface area (Å²) in [6.45, 7) is 2.57. The van der Waals surface area contributed by atoms with E-state index < -0.39 is 0 Å². The van der Waals surface area contributed by atoms with E-state index in [1.807, 2.05) is 19.1 Å². The van der Waals surface area contributed by atoms with Crippen molar-refractivity contribution in [1.29, 1.82) is 0 Å². The highest BCUT2D eigenvalue weighted by molar-refractivity contribution is 5.80. The number of rotatable bonds is 7. The summed E-state index contributed by atoms with van der Waals surface area (Å²) in [5, 5.41) is 3.27. The number of aromatic nitrogens is 2. The van der Waals surface area contributed by atoms with Gasteiger partial charge in [-0.3, -0.25) is 19.0 Å². The van der Waals surface area contributed by atoms with Crippen molar-refractivity contribution in [3.05, 3.63) is 40.4 Å². The van der Waals surface area contributed by atoms with Gasteiger partial charge in [0.05, 0.1) is 24.3 Å². The maximum absolute atomic E-state index is 12.4. The number of methoxy groups -OCH3 is 1. The molecule has 7 heteroatoms. The molecule has 1 amide bonds. The summed E-state index contributed by atoms with van der Waals surface area (Å²) in [4.78, 5) is 39.5. The van der Waals surface area contributed by atoms with E-state index in [1.165, 1.54) is 18.0 Å². The van der Waals surface area contributed by atoms with E-state index in [0.717, 1.165) is 5.56 Å². The van der Waals surface area contributed by atoms with Gasteiger partial charge in [0.1, 0.15) is 0 Å². The minimum absolute atomic E-state index is 0.151. The Balaban J connectivity index is 1.89. The Morgan fingerprint density at radius 2 is 2.08 bits per heavy atom. The summed E-state index contributed by atoms with van der Waals surface area (Å²) in [5.41, 5.74) is 1.48. The fraction of sp³-hybridized carbons (Fsp3) is 0.412. The van der Waals surface area contributed by atoms with Gasteiger partial charge in [-0.15, -0.1) is 0 Å². The second kappa shape index (κ2) is 8.24. The minimum Gasteiger partial charge on any atom is -0.469 e. The lowest BCUT2D eigenvalue weighted by Crippen LogP contribution is -2.28. The molecule has 1 heterocycles. The number of ether oxygens (including phenoxy) is 1. The number of benzene rings is 1. The van der Waals surface area contributed by atoms with E-state index in [2.05, 4.69) is 15.0 Å². The van der Waals surface area contributed by atoms with Crippen LogP contribution in [0.5, 0.6) is 0 Å². The van der Waals surface area contributed by atoms with E-state index in [4.69, 9.17) is 0 Å². The number of para-hydroxylation sites is 1. The van der Waals surface area contributed by atoms with Gasteiger partial charge in [-0.05, 0) is 25.0 Å². The number of carbonyl (C=O) groups excluding carboxylic acids is 2. The van der Waals surface area contributed by atoms with Crippen LogP contribution < -0.4 is 10.9 Å². The number of hydrogen-bond acceptors (Lipinski definition) is 5. The van der Waals surface area contributed by atoms with Crippen LogP contribution >= 0.6 is 0 Å². The Bertz CT molecular complexity index is 798. The molecule has 0 aliphatic rings. The van der Waals surface area contributed by atoms with Gasteiger partial charge >= 0.3 is 5.97 Å². The zero-order chi connectivity index (χ0) is 17.5. The zero-order valence-corrected chi connectivity index (χ0v) is 13.9. The number of esters is 1. The van der Waals surface area contributed by atoms with Crippen LogP contribution in [0.4, 0.5) is 0 Å². The summed E-state index contributed by atoms with van der Waals surface area (Å²) < 4.78 is 5.96. The number of fused-ring (bicyclic) bond motifs is 1. The Morgan fingerprint density at radius 3 is 2.83 bits per heavy atom. The molecule has 0 atom stereocenters. The molecule has 0 fully saturated rings. The normalized spacial score (nSPS) is 10.6. The molecule has 0 aliphatic carbocycles. The van der Waals surface area contributed by atoms with Gasteiger partial charge in [-0.2, -0.15) is 0 Å². The van der Waals surface area contributed by atoms with E-state index in [9.17, 15) is 14.4 Å². The molecular formula is C17H21N3O4. The first-order chi connectivity index (χ1) is 11.5. The van der Waals surface area contributed by atoms with Crippen LogP contribution in [0.15, 0.2) is 29.3 Å². The SMILES string of the molecule is COC(=O)CCCNC(=O)CCn1cnc2c(C)cccc2c1=O. The predicted octanol–water partition coefficient (Wildman–Crippen LogP) is 1.16. The summed E-state index contributed by atoms with van der Waals surface area (Å²) in [7, 11) is 1.33. The third-order valence-corrected chi connectivity index (χ3v) is 3.74. The minimum atomic E-state index is -0.298. The van der Waals surface area contributed by atoms with Gasteiger partial charge in [0.25, 0.3) is 5.56 Å². The lowest BCUT2D eigenvalue weighted by Gasteiger charge is -2.08. The van der Waals surface area contributed by atoms with Crippen LogP contribution in [0, 0.1) is 6.92 Å². The zero-order valence-electron chi connectivity index (χ0n) is 13.9. The van der Waals surface area contributed by atoms with Crippen molar-refractivity contribution in [1.82, 2.24) is 14.9 Å². The Kier molecular flexibility index (Phi) is 6.06. The quantitative estimate of drug-likeness (QED) is 0.607. The average Bonchev–Trinajstić information content (AvgIpc) is 2.58. The number of nitrogens with zero attached hydrogens (tertiary/aromatic N) is 2. The van der Waals surface area contributed by atoms with Crippen LogP contribution in [0.2, 0.25) is 0 Å². The molecule has 0 unspecified atom stereocenters.